The zero-order valence-electron chi connectivity index (χ0n) is 14.8. The van der Waals surface area contributed by atoms with E-state index in [1.807, 2.05) is 0 Å². The molecule has 0 radical (unpaired) electrons. The van der Waals surface area contributed by atoms with E-state index in [4.69, 9.17) is 19.6 Å². The Morgan fingerprint density at radius 2 is 1.15 bits per heavy atom. The molecule has 0 saturated heterocycles. The summed E-state index contributed by atoms with van der Waals surface area (Å²) >= 11 is 4.19. The molecular formula is C16H19BrF4Na4O6P2S. The van der Waals surface area contributed by atoms with E-state index in [1.165, 1.54) is 36.0 Å². The van der Waals surface area contributed by atoms with E-state index >= 15 is 0 Å². The summed E-state index contributed by atoms with van der Waals surface area (Å²) in [7, 11) is -11.3. The fourth-order valence-electron chi connectivity index (χ4n) is 2.31. The minimum atomic E-state index is -5.69. The van der Waals surface area contributed by atoms with Crippen LogP contribution in [0.2, 0.25) is 0 Å². The molecule has 0 bridgehead atoms. The van der Waals surface area contributed by atoms with Gasteiger partial charge in [0.2, 0.25) is 0 Å². The number of rotatable bonds is 8. The Balaban J connectivity index is -0.00000240. The van der Waals surface area contributed by atoms with Crippen molar-refractivity contribution in [2.75, 3.05) is 0 Å². The first-order valence-corrected chi connectivity index (χ1v) is 13.1. The first-order chi connectivity index (χ1) is 13.6. The Labute approximate surface area is 294 Å². The summed E-state index contributed by atoms with van der Waals surface area (Å²) in [5.41, 5.74) is -9.12. The van der Waals surface area contributed by atoms with Gasteiger partial charge in [-0.2, -0.15) is 29.3 Å². The fraction of sp³-hybridized carbons (Fsp3) is 0.250. The average molecular weight is 649 g/mol. The summed E-state index contributed by atoms with van der Waals surface area (Å²) in [6, 6.07) is 7.94. The van der Waals surface area contributed by atoms with Crippen LogP contribution >= 0.6 is 42.9 Å². The summed E-state index contributed by atoms with van der Waals surface area (Å²) in [6.45, 7) is 0. The Kier molecular flexibility index (Phi) is 20.3. The molecule has 0 saturated carbocycles. The first kappa shape index (κ1) is 41.8. The van der Waals surface area contributed by atoms with Gasteiger partial charge in [0.25, 0.3) is 0 Å². The van der Waals surface area contributed by atoms with E-state index in [9.17, 15) is 26.7 Å². The van der Waals surface area contributed by atoms with Crippen molar-refractivity contribution >= 4 is 161 Å². The molecule has 0 amide bonds. The summed E-state index contributed by atoms with van der Waals surface area (Å²) in [6.07, 6.45) is 0. The molecule has 4 N–H and O–H groups in total. The molecular weight excluding hydrogens is 630 g/mol. The van der Waals surface area contributed by atoms with Crippen molar-refractivity contribution in [1.29, 1.82) is 0 Å². The number of thioether (sulfide) groups is 1. The second-order valence-electron chi connectivity index (χ2n) is 6.17. The van der Waals surface area contributed by atoms with Gasteiger partial charge in [-0.1, -0.05) is 52.3 Å². The molecule has 34 heavy (non-hydrogen) atoms. The van der Waals surface area contributed by atoms with Crippen LogP contribution in [-0.2, 0) is 32.0 Å². The summed E-state index contributed by atoms with van der Waals surface area (Å²) in [5, 5.41) is 0. The Morgan fingerprint density at radius 1 is 0.735 bits per heavy atom. The zero-order chi connectivity index (χ0) is 23.0. The van der Waals surface area contributed by atoms with E-state index in [0.717, 1.165) is 18.2 Å². The SMILES string of the molecule is O=P(O)(O)C(F)(F)c1ccc(CSCc2ccc(C(F)(F)P(=O)(O)O)c(Br)c2)cc1.[NaH].[NaH].[NaH].[NaH]. The third-order valence-corrected chi connectivity index (χ3v) is 7.62. The molecule has 0 heterocycles. The minimum absolute atomic E-state index is 0. The van der Waals surface area contributed by atoms with Gasteiger partial charge in [-0.25, -0.2) is 0 Å². The van der Waals surface area contributed by atoms with Crippen LogP contribution in [0.15, 0.2) is 46.9 Å². The van der Waals surface area contributed by atoms with Gasteiger partial charge in [0.05, 0.1) is 0 Å². The van der Waals surface area contributed by atoms with Gasteiger partial charge in [-0.3, -0.25) is 9.13 Å². The van der Waals surface area contributed by atoms with Crippen molar-refractivity contribution in [3.8, 4) is 0 Å². The van der Waals surface area contributed by atoms with Crippen LogP contribution in [0.1, 0.15) is 22.3 Å². The first-order valence-electron chi connectivity index (χ1n) is 7.90. The van der Waals surface area contributed by atoms with Crippen molar-refractivity contribution in [3.63, 3.8) is 0 Å². The number of halogens is 5. The molecule has 0 fully saturated rings. The number of benzene rings is 2. The second kappa shape index (κ2) is 16.5. The molecule has 0 unspecified atom stereocenters. The molecule has 0 aromatic heterocycles. The maximum absolute atomic E-state index is 13.8. The zero-order valence-corrected chi connectivity index (χ0v) is 18.9. The van der Waals surface area contributed by atoms with E-state index in [2.05, 4.69) is 15.9 Å². The molecule has 0 aliphatic rings. The standard InChI is InChI=1S/C16H15BrF4O6P2S.4Na.4H/c17-14-7-11(3-6-13(14)16(20,21)29(25,26)27)9-30-8-10-1-4-12(5-2-10)15(18,19)28(22,23)24;;;;;;;;/h1-7H,8-9H2,(H2,22,23,24)(H2,25,26,27);;;;;;;;. The average Bonchev–Trinajstić information content (AvgIpc) is 2.60. The van der Waals surface area contributed by atoms with Crippen LogP contribution in [0.5, 0.6) is 0 Å². The van der Waals surface area contributed by atoms with Gasteiger partial charge >= 0.3 is 145 Å². The summed E-state index contributed by atoms with van der Waals surface area (Å²) in [4.78, 5) is 35.1. The molecule has 0 spiro atoms. The van der Waals surface area contributed by atoms with Gasteiger partial charge in [0.1, 0.15) is 0 Å². The molecule has 0 aliphatic carbocycles. The topological polar surface area (TPSA) is 115 Å². The van der Waals surface area contributed by atoms with Gasteiger partial charge in [-0.15, -0.1) is 0 Å². The molecule has 2 aromatic rings. The number of alkyl halides is 4. The van der Waals surface area contributed by atoms with E-state index in [1.54, 1.807) is 0 Å². The molecule has 2 aromatic carbocycles. The Bertz CT molecular complexity index is 1030. The van der Waals surface area contributed by atoms with Crippen LogP contribution < -0.4 is 0 Å². The normalized spacial score (nSPS) is 11.9. The molecule has 0 aliphatic heterocycles. The molecule has 174 valence electrons. The third-order valence-electron chi connectivity index (χ3n) is 3.93. The van der Waals surface area contributed by atoms with Crippen LogP contribution in [0.25, 0.3) is 0 Å². The summed E-state index contributed by atoms with van der Waals surface area (Å²) < 4.78 is 76.6. The fourth-order valence-corrected chi connectivity index (χ4v) is 5.07. The maximum atomic E-state index is 13.8. The van der Waals surface area contributed by atoms with Gasteiger partial charge in [0.15, 0.2) is 0 Å². The predicted octanol–water partition coefficient (Wildman–Crippen LogP) is 2.74. The van der Waals surface area contributed by atoms with Gasteiger partial charge in [0, 0.05) is 27.1 Å². The third kappa shape index (κ3) is 10.7. The van der Waals surface area contributed by atoms with Gasteiger partial charge < -0.3 is 19.6 Å². The quantitative estimate of drug-likeness (QED) is 0.198. The Morgan fingerprint density at radius 3 is 1.56 bits per heavy atom. The predicted molar refractivity (Wildman–Crippen MR) is 136 cm³/mol. The Hall–Kier alpha value is 3.29. The van der Waals surface area contributed by atoms with Crippen molar-refractivity contribution in [3.05, 3.63) is 69.2 Å². The monoisotopic (exact) mass is 648 g/mol. The van der Waals surface area contributed by atoms with Gasteiger partial charge in [-0.05, 0) is 17.2 Å². The van der Waals surface area contributed by atoms with Crippen molar-refractivity contribution in [1.82, 2.24) is 0 Å². The summed E-state index contributed by atoms with van der Waals surface area (Å²) in [5.74, 6) is 0.653. The van der Waals surface area contributed by atoms with Crippen LogP contribution in [0, 0.1) is 0 Å². The van der Waals surface area contributed by atoms with E-state index in [-0.39, 0.29) is 123 Å². The van der Waals surface area contributed by atoms with Crippen molar-refractivity contribution in [2.45, 2.75) is 22.8 Å². The van der Waals surface area contributed by atoms with Crippen molar-refractivity contribution < 1.29 is 46.3 Å². The number of hydrogen-bond acceptors (Lipinski definition) is 3. The molecule has 18 heteroatoms. The molecule has 2 rings (SSSR count). The van der Waals surface area contributed by atoms with Crippen molar-refractivity contribution in [2.24, 2.45) is 0 Å². The second-order valence-corrected chi connectivity index (χ2v) is 11.3. The van der Waals surface area contributed by atoms with E-state index < -0.39 is 37.6 Å². The van der Waals surface area contributed by atoms with Crippen LogP contribution in [0.4, 0.5) is 17.6 Å². The number of hydrogen-bond donors (Lipinski definition) is 4. The van der Waals surface area contributed by atoms with Crippen LogP contribution in [0.3, 0.4) is 0 Å². The molecule has 0 atom stereocenters. The molecule has 6 nitrogen and oxygen atoms in total. The van der Waals surface area contributed by atoms with E-state index in [0.29, 0.717) is 22.6 Å². The van der Waals surface area contributed by atoms with Crippen LogP contribution in [-0.4, -0.2) is 138 Å².